The van der Waals surface area contributed by atoms with Gasteiger partial charge in [0, 0.05) is 10.6 Å². The molecule has 0 saturated heterocycles. The molecule has 0 aliphatic heterocycles. The summed E-state index contributed by atoms with van der Waals surface area (Å²) in [5.41, 5.74) is 0.721. The van der Waals surface area contributed by atoms with Crippen LogP contribution in [0.4, 0.5) is 0 Å². The molecule has 0 spiro atoms. The number of benzene rings is 2. The second-order valence-corrected chi connectivity index (χ2v) is 4.88. The molecule has 0 aromatic heterocycles. The van der Waals surface area contributed by atoms with Crippen LogP contribution in [0, 0.1) is 0 Å². The van der Waals surface area contributed by atoms with Gasteiger partial charge < -0.3 is 15.2 Å². The van der Waals surface area contributed by atoms with Crippen LogP contribution in [0.1, 0.15) is 20.7 Å². The van der Waals surface area contributed by atoms with Crippen LogP contribution < -0.4 is 10.1 Å². The Morgan fingerprint density at radius 3 is 2.13 bits per heavy atom. The van der Waals surface area contributed by atoms with E-state index in [-0.39, 0.29) is 47.6 Å². The van der Waals surface area contributed by atoms with Gasteiger partial charge in [-0.05, 0) is 48.5 Å². The Morgan fingerprint density at radius 2 is 1.57 bits per heavy atom. The van der Waals surface area contributed by atoms with Crippen molar-refractivity contribution < 1.29 is 19.4 Å². The molecule has 0 aliphatic rings. The van der Waals surface area contributed by atoms with Crippen molar-refractivity contribution in [1.82, 2.24) is 5.32 Å². The molecule has 2 rings (SSSR count). The second kappa shape index (κ2) is 9.57. The van der Waals surface area contributed by atoms with Crippen LogP contribution in [0.3, 0.4) is 0 Å². The number of aromatic carboxylic acids is 1. The number of carbonyl (C=O) groups is 2. The summed E-state index contributed by atoms with van der Waals surface area (Å²) in [5.74, 6) is -0.644. The van der Waals surface area contributed by atoms with Crippen molar-refractivity contribution in [3.05, 3.63) is 64.7 Å². The van der Waals surface area contributed by atoms with E-state index < -0.39 is 5.97 Å². The Morgan fingerprint density at radius 1 is 1.00 bits per heavy atom. The SMILES string of the molecule is O=C(O)c1ccc(OCCNC(=O)c2ccc(Cl)cc2)cc1.[NaH]. The zero-order valence-electron chi connectivity index (χ0n) is 11.6. The molecule has 23 heavy (non-hydrogen) atoms. The molecule has 0 aliphatic carbocycles. The van der Waals surface area contributed by atoms with Gasteiger partial charge in [-0.3, -0.25) is 4.79 Å². The van der Waals surface area contributed by atoms with Crippen LogP contribution in [0.2, 0.25) is 5.02 Å². The molecule has 2 aromatic rings. The van der Waals surface area contributed by atoms with E-state index in [1.165, 1.54) is 12.1 Å². The van der Waals surface area contributed by atoms with E-state index in [2.05, 4.69) is 5.32 Å². The standard InChI is InChI=1S/C16H14ClNO4.Na.H/c17-13-5-1-11(2-6-13)15(19)18-9-10-22-14-7-3-12(4-8-14)16(20)21;;/h1-8H,9-10H2,(H,18,19)(H,20,21);;. The topological polar surface area (TPSA) is 75.6 Å². The van der Waals surface area contributed by atoms with E-state index in [0.717, 1.165) is 0 Å². The molecule has 0 fully saturated rings. The van der Waals surface area contributed by atoms with Crippen molar-refractivity contribution >= 4 is 53.0 Å². The third kappa shape index (κ3) is 6.23. The number of hydrogen-bond acceptors (Lipinski definition) is 3. The van der Waals surface area contributed by atoms with Crippen molar-refractivity contribution in [2.75, 3.05) is 13.2 Å². The van der Waals surface area contributed by atoms with E-state index in [0.29, 0.717) is 22.9 Å². The second-order valence-electron chi connectivity index (χ2n) is 4.44. The average molecular weight is 344 g/mol. The van der Waals surface area contributed by atoms with Crippen molar-refractivity contribution in [2.24, 2.45) is 0 Å². The first-order chi connectivity index (χ1) is 10.6. The first-order valence-corrected chi connectivity index (χ1v) is 6.94. The molecule has 2 N–H and O–H groups in total. The van der Waals surface area contributed by atoms with Crippen LogP contribution in [0.5, 0.6) is 5.75 Å². The van der Waals surface area contributed by atoms with Gasteiger partial charge in [0.25, 0.3) is 5.91 Å². The summed E-state index contributed by atoms with van der Waals surface area (Å²) >= 11 is 5.75. The summed E-state index contributed by atoms with van der Waals surface area (Å²) < 4.78 is 5.42. The number of halogens is 1. The van der Waals surface area contributed by atoms with Crippen LogP contribution >= 0.6 is 11.6 Å². The average Bonchev–Trinajstić information content (AvgIpc) is 2.52. The Labute approximate surface area is 160 Å². The molecule has 116 valence electrons. The zero-order valence-corrected chi connectivity index (χ0v) is 12.3. The summed E-state index contributed by atoms with van der Waals surface area (Å²) in [5, 5.41) is 12.1. The molecular formula is C16H15ClNNaO4. The summed E-state index contributed by atoms with van der Waals surface area (Å²) in [6.45, 7) is 0.619. The quantitative estimate of drug-likeness (QED) is 0.623. The maximum atomic E-state index is 11.8. The molecule has 2 aromatic carbocycles. The van der Waals surface area contributed by atoms with Crippen LogP contribution in [-0.4, -0.2) is 59.7 Å². The summed E-state index contributed by atoms with van der Waals surface area (Å²) in [4.78, 5) is 22.5. The molecule has 1 amide bonds. The molecule has 0 bridgehead atoms. The van der Waals surface area contributed by atoms with Gasteiger partial charge in [-0.1, -0.05) is 11.6 Å². The Balaban J connectivity index is 0.00000264. The summed E-state index contributed by atoms with van der Waals surface area (Å²) in [7, 11) is 0. The third-order valence-electron chi connectivity index (χ3n) is 2.86. The van der Waals surface area contributed by atoms with E-state index in [9.17, 15) is 9.59 Å². The molecule has 5 nitrogen and oxygen atoms in total. The van der Waals surface area contributed by atoms with Crippen molar-refractivity contribution in [3.63, 3.8) is 0 Å². The van der Waals surface area contributed by atoms with Crippen LogP contribution in [0.25, 0.3) is 0 Å². The summed E-state index contributed by atoms with van der Waals surface area (Å²) in [6, 6.07) is 12.7. The Bertz CT molecular complexity index is 659. The van der Waals surface area contributed by atoms with Gasteiger partial charge in [0.15, 0.2) is 0 Å². The van der Waals surface area contributed by atoms with Gasteiger partial charge in [0.1, 0.15) is 12.4 Å². The third-order valence-corrected chi connectivity index (χ3v) is 3.12. The van der Waals surface area contributed by atoms with Gasteiger partial charge in [-0.2, -0.15) is 0 Å². The molecular weight excluding hydrogens is 329 g/mol. The molecule has 0 radical (unpaired) electrons. The number of carboxylic acid groups (broad SMARTS) is 1. The normalized spacial score (nSPS) is 9.61. The number of rotatable bonds is 6. The monoisotopic (exact) mass is 343 g/mol. The predicted molar refractivity (Wildman–Crippen MR) is 89.8 cm³/mol. The number of carbonyl (C=O) groups excluding carboxylic acids is 1. The fourth-order valence-electron chi connectivity index (χ4n) is 1.73. The van der Waals surface area contributed by atoms with Crippen LogP contribution in [0.15, 0.2) is 48.5 Å². The van der Waals surface area contributed by atoms with Crippen molar-refractivity contribution in [3.8, 4) is 5.75 Å². The minimum absolute atomic E-state index is 0. The van der Waals surface area contributed by atoms with Crippen molar-refractivity contribution in [2.45, 2.75) is 0 Å². The first kappa shape index (κ1) is 19.5. The number of ether oxygens (including phenoxy) is 1. The van der Waals surface area contributed by atoms with E-state index in [4.69, 9.17) is 21.4 Å². The van der Waals surface area contributed by atoms with Gasteiger partial charge >= 0.3 is 35.5 Å². The predicted octanol–water partition coefficient (Wildman–Crippen LogP) is 2.20. The Kier molecular flexibility index (Phi) is 8.12. The minimum atomic E-state index is -0.984. The number of carboxylic acids is 1. The van der Waals surface area contributed by atoms with Crippen molar-refractivity contribution in [1.29, 1.82) is 0 Å². The maximum absolute atomic E-state index is 11.8. The fraction of sp³-hybridized carbons (Fsp3) is 0.125. The molecule has 0 atom stereocenters. The molecule has 0 saturated carbocycles. The zero-order chi connectivity index (χ0) is 15.9. The Hall–Kier alpha value is -1.53. The molecule has 0 unspecified atom stereocenters. The van der Waals surface area contributed by atoms with Gasteiger partial charge in [0.2, 0.25) is 0 Å². The van der Waals surface area contributed by atoms with Gasteiger partial charge in [-0.15, -0.1) is 0 Å². The fourth-order valence-corrected chi connectivity index (χ4v) is 1.86. The van der Waals surface area contributed by atoms with Gasteiger partial charge in [-0.25, -0.2) is 4.79 Å². The van der Waals surface area contributed by atoms with Crippen LogP contribution in [-0.2, 0) is 0 Å². The number of nitrogens with one attached hydrogen (secondary N) is 1. The van der Waals surface area contributed by atoms with Gasteiger partial charge in [0.05, 0.1) is 12.1 Å². The molecule has 7 heteroatoms. The number of hydrogen-bond donors (Lipinski definition) is 2. The van der Waals surface area contributed by atoms with E-state index in [1.807, 2.05) is 0 Å². The molecule has 0 heterocycles. The first-order valence-electron chi connectivity index (χ1n) is 6.56. The van der Waals surface area contributed by atoms with E-state index >= 15 is 0 Å². The summed E-state index contributed by atoms with van der Waals surface area (Å²) in [6.07, 6.45) is 0. The van der Waals surface area contributed by atoms with E-state index in [1.54, 1.807) is 36.4 Å². The number of amides is 1.